The number of nitrogens with zero attached hydrogens (tertiary/aromatic N) is 3. The molecule has 1 N–H and O–H groups in total. The van der Waals surface area contributed by atoms with E-state index in [-0.39, 0.29) is 11.6 Å². The second-order valence-corrected chi connectivity index (χ2v) is 7.68. The Hall–Kier alpha value is -3.94. The first-order chi connectivity index (χ1) is 14.4. The topological polar surface area (TPSA) is 97.5 Å². The van der Waals surface area contributed by atoms with Crippen LogP contribution in [0.1, 0.15) is 17.0 Å². The van der Waals surface area contributed by atoms with E-state index < -0.39 is 16.7 Å². The number of anilines is 1. The minimum Gasteiger partial charge on any atom is -0.373 e. The second-order valence-electron chi connectivity index (χ2n) is 7.68. The molecule has 1 unspecified atom stereocenters. The Labute approximate surface area is 171 Å². The van der Waals surface area contributed by atoms with Gasteiger partial charge in [0.1, 0.15) is 0 Å². The highest BCUT2D eigenvalue weighted by Gasteiger charge is 2.41. The molecule has 2 aliphatic rings. The molecular weight excluding hydrogens is 384 g/mol. The van der Waals surface area contributed by atoms with E-state index in [2.05, 4.69) is 5.32 Å². The number of carbonyl (C=O) groups excluding carboxylic acids is 2. The lowest BCUT2D eigenvalue weighted by molar-refractivity contribution is -0.384. The predicted molar refractivity (Wildman–Crippen MR) is 112 cm³/mol. The number of carbonyl (C=O) groups is 2. The van der Waals surface area contributed by atoms with Gasteiger partial charge in [0.25, 0.3) is 17.5 Å². The zero-order chi connectivity index (χ0) is 21.2. The Morgan fingerprint density at radius 3 is 2.63 bits per heavy atom. The molecule has 3 aromatic rings. The Balaban J connectivity index is 1.73. The Kier molecular flexibility index (Phi) is 3.79. The van der Waals surface area contributed by atoms with E-state index in [4.69, 9.17) is 0 Å². The summed E-state index contributed by atoms with van der Waals surface area (Å²) in [5.41, 5.74) is 3.97. The number of rotatable bonds is 3. The monoisotopic (exact) mass is 402 g/mol. The van der Waals surface area contributed by atoms with Crippen LogP contribution in [0.25, 0.3) is 16.5 Å². The summed E-state index contributed by atoms with van der Waals surface area (Å²) in [6.45, 7) is 0.459. The van der Waals surface area contributed by atoms with Gasteiger partial charge in [-0.15, -0.1) is 0 Å². The number of para-hydroxylation sites is 1. The van der Waals surface area contributed by atoms with Crippen LogP contribution in [0, 0.1) is 10.1 Å². The number of nitro groups is 1. The lowest BCUT2D eigenvalue weighted by Crippen LogP contribution is -2.25. The van der Waals surface area contributed by atoms with E-state index in [1.54, 1.807) is 6.07 Å². The lowest BCUT2D eigenvalue weighted by Gasteiger charge is -2.14. The summed E-state index contributed by atoms with van der Waals surface area (Å²) >= 11 is 0. The third-order valence-electron chi connectivity index (χ3n) is 5.95. The highest BCUT2D eigenvalue weighted by Crippen LogP contribution is 2.45. The Bertz CT molecular complexity index is 1300. The molecule has 0 bridgehead atoms. The molecule has 30 heavy (non-hydrogen) atoms. The lowest BCUT2D eigenvalue weighted by atomic mass is 9.88. The van der Waals surface area contributed by atoms with Gasteiger partial charge in [0.05, 0.1) is 10.5 Å². The number of hydrogen-bond donors (Lipinski definition) is 1. The number of nitrogens with one attached hydrogen (secondary N) is 1. The van der Waals surface area contributed by atoms with Crippen LogP contribution in [0.3, 0.4) is 0 Å². The first-order valence-corrected chi connectivity index (χ1v) is 9.50. The molecule has 0 fully saturated rings. The SMILES string of the molecule is CN1CC(C2=C(c3cn(C)c4ccccc34)C(=O)NC2=O)c2ccc([N+](=O)[O-])cc21. The van der Waals surface area contributed by atoms with Gasteiger partial charge in [-0.3, -0.25) is 25.0 Å². The van der Waals surface area contributed by atoms with Gasteiger partial charge < -0.3 is 9.47 Å². The molecule has 8 heteroatoms. The van der Waals surface area contributed by atoms with E-state index >= 15 is 0 Å². The number of hydrogen-bond acceptors (Lipinski definition) is 5. The molecule has 2 amide bonds. The summed E-state index contributed by atoms with van der Waals surface area (Å²) in [5, 5.41) is 14.5. The molecule has 5 rings (SSSR count). The summed E-state index contributed by atoms with van der Waals surface area (Å²) in [7, 11) is 3.73. The van der Waals surface area contributed by atoms with Crippen LogP contribution in [0.4, 0.5) is 11.4 Å². The fraction of sp³-hybridized carbons (Fsp3) is 0.182. The normalized spacial score (nSPS) is 18.3. The van der Waals surface area contributed by atoms with Crippen molar-refractivity contribution in [3.05, 3.63) is 75.5 Å². The summed E-state index contributed by atoms with van der Waals surface area (Å²) in [6.07, 6.45) is 1.87. The van der Waals surface area contributed by atoms with E-state index in [1.165, 1.54) is 12.1 Å². The summed E-state index contributed by atoms with van der Waals surface area (Å²) in [6, 6.07) is 12.4. The van der Waals surface area contributed by atoms with Gasteiger partial charge >= 0.3 is 0 Å². The maximum absolute atomic E-state index is 12.9. The van der Waals surface area contributed by atoms with Crippen molar-refractivity contribution in [2.24, 2.45) is 7.05 Å². The Morgan fingerprint density at radius 1 is 1.10 bits per heavy atom. The summed E-state index contributed by atoms with van der Waals surface area (Å²) < 4.78 is 1.93. The van der Waals surface area contributed by atoms with Crippen molar-refractivity contribution in [1.82, 2.24) is 9.88 Å². The molecule has 0 radical (unpaired) electrons. The fourth-order valence-corrected chi connectivity index (χ4v) is 4.60. The molecule has 2 aromatic carbocycles. The number of amides is 2. The third-order valence-corrected chi connectivity index (χ3v) is 5.95. The average molecular weight is 402 g/mol. The van der Waals surface area contributed by atoms with Gasteiger partial charge in [-0.25, -0.2) is 0 Å². The molecule has 1 aromatic heterocycles. The van der Waals surface area contributed by atoms with Crippen molar-refractivity contribution >= 4 is 39.7 Å². The molecule has 150 valence electrons. The van der Waals surface area contributed by atoms with Gasteiger partial charge in [0.2, 0.25) is 0 Å². The maximum Gasteiger partial charge on any atom is 0.271 e. The number of aromatic nitrogens is 1. The molecule has 0 saturated carbocycles. The first kappa shape index (κ1) is 18.1. The van der Waals surface area contributed by atoms with Crippen molar-refractivity contribution in [3.63, 3.8) is 0 Å². The van der Waals surface area contributed by atoms with Crippen molar-refractivity contribution in [3.8, 4) is 0 Å². The summed E-state index contributed by atoms with van der Waals surface area (Å²) in [4.78, 5) is 38.3. The van der Waals surface area contributed by atoms with Gasteiger partial charge in [-0.1, -0.05) is 18.2 Å². The highest BCUT2D eigenvalue weighted by molar-refractivity contribution is 6.38. The van der Waals surface area contributed by atoms with Crippen LogP contribution < -0.4 is 10.2 Å². The number of nitro benzene ring substituents is 1. The van der Waals surface area contributed by atoms with Crippen LogP contribution in [-0.4, -0.2) is 34.9 Å². The standard InChI is InChI=1S/C22H18N4O4/c1-24-10-15(13-5-3-4-6-17(13)24)19-20(22(28)23-21(19)27)16-11-25(2)18-9-12(26(29)30)7-8-14(16)18/h3-10,16H,11H2,1-2H3,(H,23,27,28). The zero-order valence-electron chi connectivity index (χ0n) is 16.4. The largest absolute Gasteiger partial charge is 0.373 e. The average Bonchev–Trinajstić information content (AvgIpc) is 3.32. The minimum absolute atomic E-state index is 0.00328. The smallest absolute Gasteiger partial charge is 0.271 e. The quantitative estimate of drug-likeness (QED) is 0.413. The van der Waals surface area contributed by atoms with Gasteiger partial charge in [-0.05, 0) is 17.7 Å². The number of likely N-dealkylation sites (N-methyl/N-ethyl adjacent to an activating group) is 1. The summed E-state index contributed by atoms with van der Waals surface area (Å²) in [5.74, 6) is -1.18. The van der Waals surface area contributed by atoms with E-state index in [0.717, 1.165) is 16.5 Å². The minimum atomic E-state index is -0.436. The number of non-ortho nitro benzene ring substituents is 1. The fourth-order valence-electron chi connectivity index (χ4n) is 4.60. The van der Waals surface area contributed by atoms with Gasteiger partial charge in [0.15, 0.2) is 0 Å². The van der Waals surface area contributed by atoms with Crippen molar-refractivity contribution in [2.75, 3.05) is 18.5 Å². The molecule has 0 spiro atoms. The van der Waals surface area contributed by atoms with E-state index in [9.17, 15) is 19.7 Å². The molecule has 1 atom stereocenters. The van der Waals surface area contributed by atoms with E-state index in [1.807, 2.05) is 54.0 Å². The van der Waals surface area contributed by atoms with Crippen molar-refractivity contribution in [1.29, 1.82) is 0 Å². The van der Waals surface area contributed by atoms with Crippen molar-refractivity contribution < 1.29 is 14.5 Å². The highest BCUT2D eigenvalue weighted by atomic mass is 16.6. The van der Waals surface area contributed by atoms with Crippen LogP contribution in [0.15, 0.2) is 54.2 Å². The van der Waals surface area contributed by atoms with Gasteiger partial charge in [0, 0.05) is 72.6 Å². The Morgan fingerprint density at radius 2 is 1.87 bits per heavy atom. The second kappa shape index (κ2) is 6.28. The number of imide groups is 1. The molecule has 2 aliphatic heterocycles. The third kappa shape index (κ3) is 2.46. The molecule has 3 heterocycles. The van der Waals surface area contributed by atoms with Crippen LogP contribution >= 0.6 is 0 Å². The van der Waals surface area contributed by atoms with Crippen LogP contribution in [0.2, 0.25) is 0 Å². The zero-order valence-corrected chi connectivity index (χ0v) is 16.4. The maximum atomic E-state index is 12.9. The molecular formula is C22H18N4O4. The van der Waals surface area contributed by atoms with Crippen molar-refractivity contribution in [2.45, 2.75) is 5.92 Å². The predicted octanol–water partition coefficient (Wildman–Crippen LogP) is 2.73. The van der Waals surface area contributed by atoms with Crippen LogP contribution in [0.5, 0.6) is 0 Å². The van der Waals surface area contributed by atoms with Crippen LogP contribution in [-0.2, 0) is 16.6 Å². The number of aryl methyl sites for hydroxylation is 1. The molecule has 0 saturated heterocycles. The van der Waals surface area contributed by atoms with E-state index in [0.29, 0.717) is 28.9 Å². The number of benzene rings is 2. The van der Waals surface area contributed by atoms with Gasteiger partial charge in [-0.2, -0.15) is 0 Å². The molecule has 0 aliphatic carbocycles. The number of fused-ring (bicyclic) bond motifs is 2. The first-order valence-electron chi connectivity index (χ1n) is 9.50. The molecule has 8 nitrogen and oxygen atoms in total.